The van der Waals surface area contributed by atoms with Crippen molar-refractivity contribution in [2.45, 2.75) is 103 Å². The molecule has 0 N–H and O–H groups in total. The summed E-state index contributed by atoms with van der Waals surface area (Å²) in [5.74, 6) is 0.604. The van der Waals surface area contributed by atoms with Crippen LogP contribution in [0.15, 0.2) is 127 Å². The van der Waals surface area contributed by atoms with Crippen molar-refractivity contribution >= 4 is 17.1 Å². The van der Waals surface area contributed by atoms with Crippen molar-refractivity contribution in [3.63, 3.8) is 0 Å². The van der Waals surface area contributed by atoms with Gasteiger partial charge in [-0.3, -0.25) is 0 Å². The van der Waals surface area contributed by atoms with Crippen LogP contribution in [0.2, 0.25) is 0 Å². The fraction of sp³-hybridized carbons (Fsp3) is 0.308. The van der Waals surface area contributed by atoms with E-state index in [1.54, 1.807) is 0 Å². The van der Waals surface area contributed by atoms with Gasteiger partial charge in [0.15, 0.2) is 0 Å². The van der Waals surface area contributed by atoms with Gasteiger partial charge in [0, 0.05) is 27.8 Å². The van der Waals surface area contributed by atoms with Crippen LogP contribution in [0.3, 0.4) is 0 Å². The molecule has 6 aromatic rings. The second kappa shape index (κ2) is 12.3. The van der Waals surface area contributed by atoms with Gasteiger partial charge in [-0.15, -0.1) is 0 Å². The van der Waals surface area contributed by atoms with E-state index in [9.17, 15) is 0 Å². The maximum Gasteiger partial charge on any atom is 0.0542 e. The lowest BCUT2D eigenvalue weighted by atomic mass is 9.79. The first-order chi connectivity index (χ1) is 25.4. The maximum atomic E-state index is 2.60. The van der Waals surface area contributed by atoms with Gasteiger partial charge in [0.25, 0.3) is 0 Å². The van der Waals surface area contributed by atoms with E-state index in [2.05, 4.69) is 181 Å². The summed E-state index contributed by atoms with van der Waals surface area (Å²) >= 11 is 0. The summed E-state index contributed by atoms with van der Waals surface area (Å²) < 4.78 is 0. The number of nitrogens with zero attached hydrogens (tertiary/aromatic N) is 1. The first kappa shape index (κ1) is 33.9. The zero-order chi connectivity index (χ0) is 36.7. The predicted molar refractivity (Wildman–Crippen MR) is 226 cm³/mol. The minimum Gasteiger partial charge on any atom is -0.310 e. The van der Waals surface area contributed by atoms with Crippen molar-refractivity contribution in [2.24, 2.45) is 0 Å². The lowest BCUT2D eigenvalue weighted by molar-refractivity contribution is 0.444. The van der Waals surface area contributed by atoms with Crippen molar-refractivity contribution < 1.29 is 0 Å². The van der Waals surface area contributed by atoms with E-state index in [-0.39, 0.29) is 16.2 Å². The van der Waals surface area contributed by atoms with Crippen LogP contribution < -0.4 is 4.90 Å². The van der Waals surface area contributed by atoms with E-state index in [0.717, 1.165) is 0 Å². The van der Waals surface area contributed by atoms with Crippen molar-refractivity contribution in [3.8, 4) is 33.4 Å². The van der Waals surface area contributed by atoms with Crippen LogP contribution in [0.1, 0.15) is 120 Å². The van der Waals surface area contributed by atoms with Crippen LogP contribution in [0.4, 0.5) is 17.1 Å². The first-order valence-corrected chi connectivity index (χ1v) is 20.0. The largest absolute Gasteiger partial charge is 0.310 e. The van der Waals surface area contributed by atoms with Crippen molar-refractivity contribution in [3.05, 3.63) is 161 Å². The zero-order valence-corrected chi connectivity index (χ0v) is 32.7. The summed E-state index contributed by atoms with van der Waals surface area (Å²) in [5, 5.41) is 0. The highest BCUT2D eigenvalue weighted by Crippen LogP contribution is 2.55. The fourth-order valence-electron chi connectivity index (χ4n) is 10.1. The molecule has 0 amide bonds. The predicted octanol–water partition coefficient (Wildman–Crippen LogP) is 14.8. The molecule has 0 heterocycles. The van der Waals surface area contributed by atoms with Crippen LogP contribution in [0.25, 0.3) is 33.4 Å². The molecular weight excluding hydrogens is 639 g/mol. The maximum absolute atomic E-state index is 2.60. The Morgan fingerprint density at radius 1 is 0.509 bits per heavy atom. The lowest BCUT2D eigenvalue weighted by Gasteiger charge is -2.32. The molecule has 9 rings (SSSR count). The molecule has 0 bridgehead atoms. The normalized spacial score (nSPS) is 16.8. The highest BCUT2D eigenvalue weighted by atomic mass is 15.1. The van der Waals surface area contributed by atoms with E-state index in [4.69, 9.17) is 0 Å². The Hall–Kier alpha value is -4.88. The molecule has 0 unspecified atom stereocenters. The Morgan fingerprint density at radius 2 is 1.09 bits per heavy atom. The number of hydrogen-bond acceptors (Lipinski definition) is 1. The quantitative estimate of drug-likeness (QED) is 0.174. The van der Waals surface area contributed by atoms with Gasteiger partial charge >= 0.3 is 0 Å². The van der Waals surface area contributed by atoms with Gasteiger partial charge in [0.05, 0.1) is 5.69 Å². The standard InChI is InChI=1S/C52H53N/c1-50(2,3)44-23-16-24-45-49(44)42-30-27-38(33-47(42)52(45,6)7)53(37-26-29-41-40-21-14-15-22-43(40)51(4,5)46(41)32-37)48-31-36(34-17-10-8-11-18-34)25-28-39(48)35-19-12-9-13-20-35/h9,12-16,19-34H,8,10-11,17-18H2,1-7H3. The molecule has 0 aliphatic heterocycles. The molecule has 6 aromatic carbocycles. The van der Waals surface area contributed by atoms with Crippen LogP contribution in [0, 0.1) is 0 Å². The number of benzene rings is 6. The zero-order valence-electron chi connectivity index (χ0n) is 32.7. The highest BCUT2D eigenvalue weighted by molar-refractivity contribution is 5.93. The van der Waals surface area contributed by atoms with E-state index in [0.29, 0.717) is 5.92 Å². The molecule has 3 aliphatic rings. The van der Waals surface area contributed by atoms with Gasteiger partial charge in [0.2, 0.25) is 0 Å². The van der Waals surface area contributed by atoms with Gasteiger partial charge < -0.3 is 4.90 Å². The molecule has 0 radical (unpaired) electrons. The molecule has 1 nitrogen and oxygen atoms in total. The minimum absolute atomic E-state index is 0.0483. The molecule has 3 aliphatic carbocycles. The summed E-state index contributed by atoms with van der Waals surface area (Å²) in [7, 11) is 0. The third-order valence-electron chi connectivity index (χ3n) is 13.0. The number of hydrogen-bond donors (Lipinski definition) is 0. The molecule has 266 valence electrons. The molecule has 1 fully saturated rings. The van der Waals surface area contributed by atoms with E-state index in [1.165, 1.54) is 116 Å². The Labute approximate surface area is 317 Å². The topological polar surface area (TPSA) is 3.24 Å². The first-order valence-electron chi connectivity index (χ1n) is 20.0. The lowest BCUT2D eigenvalue weighted by Crippen LogP contribution is -2.18. The second-order valence-electron chi connectivity index (χ2n) is 18.0. The number of rotatable bonds is 5. The fourth-order valence-corrected chi connectivity index (χ4v) is 10.1. The van der Waals surface area contributed by atoms with Gasteiger partial charge in [-0.25, -0.2) is 0 Å². The average Bonchev–Trinajstić information content (AvgIpc) is 3.54. The molecule has 0 atom stereocenters. The Balaban J connectivity index is 1.30. The molecule has 0 aromatic heterocycles. The number of fused-ring (bicyclic) bond motifs is 6. The molecule has 0 saturated heterocycles. The minimum atomic E-state index is -0.124. The van der Waals surface area contributed by atoms with E-state index < -0.39 is 0 Å². The third-order valence-corrected chi connectivity index (χ3v) is 13.0. The van der Waals surface area contributed by atoms with Crippen molar-refractivity contribution in [1.29, 1.82) is 0 Å². The SMILES string of the molecule is CC(C)(C)c1cccc2c1-c1ccc(N(c3ccc4c(c3)C(C)(C)c3ccccc3-4)c3cc(C4CCCCC4)ccc3-c3ccccc3)cc1C2(C)C. The van der Waals surface area contributed by atoms with Gasteiger partial charge in [-0.05, 0) is 116 Å². The monoisotopic (exact) mass is 691 g/mol. The van der Waals surface area contributed by atoms with Crippen LogP contribution in [-0.2, 0) is 16.2 Å². The van der Waals surface area contributed by atoms with E-state index >= 15 is 0 Å². The second-order valence-corrected chi connectivity index (χ2v) is 18.0. The van der Waals surface area contributed by atoms with Crippen LogP contribution in [0.5, 0.6) is 0 Å². The summed E-state index contributed by atoms with van der Waals surface area (Å²) in [5.41, 5.74) is 20.1. The smallest absolute Gasteiger partial charge is 0.0542 e. The highest BCUT2D eigenvalue weighted by Gasteiger charge is 2.40. The number of anilines is 3. The average molecular weight is 692 g/mol. The van der Waals surface area contributed by atoms with Crippen molar-refractivity contribution in [1.82, 2.24) is 0 Å². The Bertz CT molecular complexity index is 2360. The van der Waals surface area contributed by atoms with Gasteiger partial charge in [-0.2, -0.15) is 0 Å². The molecule has 1 heteroatoms. The van der Waals surface area contributed by atoms with Gasteiger partial charge in [0.1, 0.15) is 0 Å². The molecular formula is C52H53N. The van der Waals surface area contributed by atoms with Gasteiger partial charge in [-0.1, -0.05) is 165 Å². The Kier molecular flexibility index (Phi) is 7.90. The summed E-state index contributed by atoms with van der Waals surface area (Å²) in [6, 6.07) is 49.0. The molecule has 1 saturated carbocycles. The summed E-state index contributed by atoms with van der Waals surface area (Å²) in [4.78, 5) is 2.60. The van der Waals surface area contributed by atoms with Crippen LogP contribution >= 0.6 is 0 Å². The van der Waals surface area contributed by atoms with Crippen molar-refractivity contribution in [2.75, 3.05) is 4.90 Å². The Morgan fingerprint density at radius 3 is 1.81 bits per heavy atom. The van der Waals surface area contributed by atoms with Crippen LogP contribution in [-0.4, -0.2) is 0 Å². The third kappa shape index (κ3) is 5.41. The summed E-state index contributed by atoms with van der Waals surface area (Å²) in [6.07, 6.45) is 6.55. The van der Waals surface area contributed by atoms with E-state index in [1.807, 2.05) is 0 Å². The summed E-state index contributed by atoms with van der Waals surface area (Å²) in [6.45, 7) is 16.7. The molecule has 0 spiro atoms. The molecule has 53 heavy (non-hydrogen) atoms.